The van der Waals surface area contributed by atoms with Gasteiger partial charge in [-0.1, -0.05) is 0 Å². The molecule has 1 amide bonds. The van der Waals surface area contributed by atoms with Gasteiger partial charge in [-0.3, -0.25) is 9.59 Å². The van der Waals surface area contributed by atoms with Crippen LogP contribution >= 0.6 is 0 Å². The van der Waals surface area contributed by atoms with Crippen LogP contribution in [0.2, 0.25) is 0 Å². The van der Waals surface area contributed by atoms with E-state index in [9.17, 15) is 9.59 Å². The first-order chi connectivity index (χ1) is 8.56. The molecule has 0 aliphatic carbocycles. The van der Waals surface area contributed by atoms with Crippen molar-refractivity contribution in [3.8, 4) is 11.5 Å². The Labute approximate surface area is 105 Å². The number of benzene rings is 1. The van der Waals surface area contributed by atoms with Gasteiger partial charge < -0.3 is 19.9 Å². The number of carboxylic acids is 1. The third kappa shape index (κ3) is 3.97. The molecule has 0 saturated heterocycles. The van der Waals surface area contributed by atoms with Gasteiger partial charge in [-0.15, -0.1) is 0 Å². The van der Waals surface area contributed by atoms with Crippen molar-refractivity contribution in [1.29, 1.82) is 0 Å². The van der Waals surface area contributed by atoms with E-state index in [1.165, 1.54) is 7.11 Å². The molecule has 0 bridgehead atoms. The smallest absolute Gasteiger partial charge is 0.312 e. The lowest BCUT2D eigenvalue weighted by Crippen LogP contribution is -2.25. The van der Waals surface area contributed by atoms with Crippen LogP contribution in [0, 0.1) is 0 Å². The van der Waals surface area contributed by atoms with E-state index in [0.29, 0.717) is 11.5 Å². The Hall–Kier alpha value is -2.24. The standard InChI is InChI=1S/C12H15NO5/c1-17-9-4-3-8(10(5-9)18-2)7-13-11(14)6-12(15)16/h3-5H,6-7H2,1-2H3,(H,13,14)(H,15,16). The summed E-state index contributed by atoms with van der Waals surface area (Å²) < 4.78 is 10.2. The fourth-order valence-electron chi connectivity index (χ4n) is 1.39. The molecule has 0 fully saturated rings. The van der Waals surface area contributed by atoms with E-state index in [1.807, 2.05) is 0 Å². The van der Waals surface area contributed by atoms with Crippen LogP contribution in [0.25, 0.3) is 0 Å². The molecule has 2 N–H and O–H groups in total. The van der Waals surface area contributed by atoms with E-state index in [-0.39, 0.29) is 6.54 Å². The summed E-state index contributed by atoms with van der Waals surface area (Å²) in [7, 11) is 3.06. The maximum absolute atomic E-state index is 11.2. The Morgan fingerprint density at radius 2 is 2.00 bits per heavy atom. The normalized spacial score (nSPS) is 9.67. The monoisotopic (exact) mass is 253 g/mol. The predicted octanol–water partition coefficient (Wildman–Crippen LogP) is 0.795. The fourth-order valence-corrected chi connectivity index (χ4v) is 1.39. The molecule has 0 radical (unpaired) electrons. The minimum absolute atomic E-state index is 0.208. The molecule has 98 valence electrons. The third-order valence-electron chi connectivity index (χ3n) is 2.28. The second-order valence-electron chi connectivity index (χ2n) is 3.53. The molecule has 6 heteroatoms. The quantitative estimate of drug-likeness (QED) is 0.732. The highest BCUT2D eigenvalue weighted by molar-refractivity contribution is 5.93. The van der Waals surface area contributed by atoms with Crippen molar-refractivity contribution in [3.05, 3.63) is 23.8 Å². The molecule has 0 atom stereocenters. The summed E-state index contributed by atoms with van der Waals surface area (Å²) in [6, 6.07) is 5.18. The van der Waals surface area contributed by atoms with Gasteiger partial charge in [-0.05, 0) is 12.1 Å². The highest BCUT2D eigenvalue weighted by Crippen LogP contribution is 2.24. The Bertz CT molecular complexity index is 444. The van der Waals surface area contributed by atoms with Crippen LogP contribution in [0.5, 0.6) is 11.5 Å². The largest absolute Gasteiger partial charge is 0.497 e. The van der Waals surface area contributed by atoms with Gasteiger partial charge in [-0.25, -0.2) is 0 Å². The third-order valence-corrected chi connectivity index (χ3v) is 2.28. The van der Waals surface area contributed by atoms with Crippen molar-refractivity contribution in [3.63, 3.8) is 0 Å². The highest BCUT2D eigenvalue weighted by Gasteiger charge is 2.09. The van der Waals surface area contributed by atoms with E-state index in [2.05, 4.69) is 5.32 Å². The van der Waals surface area contributed by atoms with Gasteiger partial charge in [0.15, 0.2) is 0 Å². The summed E-state index contributed by atoms with van der Waals surface area (Å²) in [5.41, 5.74) is 0.747. The van der Waals surface area contributed by atoms with Crippen molar-refractivity contribution in [2.75, 3.05) is 14.2 Å². The van der Waals surface area contributed by atoms with Crippen molar-refractivity contribution in [2.45, 2.75) is 13.0 Å². The topological polar surface area (TPSA) is 84.9 Å². The Balaban J connectivity index is 2.67. The summed E-state index contributed by atoms with van der Waals surface area (Å²) in [5, 5.41) is 10.9. The van der Waals surface area contributed by atoms with E-state index >= 15 is 0 Å². The molecule has 0 saturated carbocycles. The first-order valence-corrected chi connectivity index (χ1v) is 5.26. The van der Waals surface area contributed by atoms with Gasteiger partial charge >= 0.3 is 5.97 Å². The molecule has 0 aliphatic heterocycles. The predicted molar refractivity (Wildman–Crippen MR) is 63.6 cm³/mol. The summed E-state index contributed by atoms with van der Waals surface area (Å²) in [4.78, 5) is 21.5. The zero-order valence-electron chi connectivity index (χ0n) is 10.2. The lowest BCUT2D eigenvalue weighted by Gasteiger charge is -2.10. The molecule has 18 heavy (non-hydrogen) atoms. The van der Waals surface area contributed by atoms with Crippen LogP contribution in [-0.2, 0) is 16.1 Å². The summed E-state index contributed by atoms with van der Waals surface area (Å²) in [6.07, 6.45) is -0.543. The lowest BCUT2D eigenvalue weighted by atomic mass is 10.2. The summed E-state index contributed by atoms with van der Waals surface area (Å²) in [5.74, 6) is -0.480. The SMILES string of the molecule is COc1ccc(CNC(=O)CC(=O)O)c(OC)c1. The van der Waals surface area contributed by atoms with Crippen LogP contribution in [0.4, 0.5) is 0 Å². The number of methoxy groups -OCH3 is 2. The van der Waals surface area contributed by atoms with E-state index < -0.39 is 18.3 Å². The average molecular weight is 253 g/mol. The highest BCUT2D eigenvalue weighted by atomic mass is 16.5. The number of ether oxygens (including phenoxy) is 2. The minimum atomic E-state index is -1.16. The minimum Gasteiger partial charge on any atom is -0.497 e. The first kappa shape index (κ1) is 13.8. The number of carbonyl (C=O) groups is 2. The average Bonchev–Trinajstić information content (AvgIpc) is 2.35. The van der Waals surface area contributed by atoms with Gasteiger partial charge in [0.1, 0.15) is 17.9 Å². The maximum atomic E-state index is 11.2. The Kier molecular flexibility index (Phi) is 4.98. The molecular weight excluding hydrogens is 238 g/mol. The Morgan fingerprint density at radius 3 is 2.56 bits per heavy atom. The Morgan fingerprint density at radius 1 is 1.28 bits per heavy atom. The number of nitrogens with one attached hydrogen (secondary N) is 1. The molecule has 1 aromatic carbocycles. The van der Waals surface area contributed by atoms with E-state index in [1.54, 1.807) is 25.3 Å². The molecule has 6 nitrogen and oxygen atoms in total. The molecular formula is C12H15NO5. The maximum Gasteiger partial charge on any atom is 0.312 e. The number of hydrogen-bond acceptors (Lipinski definition) is 4. The molecule has 0 heterocycles. The van der Waals surface area contributed by atoms with Crippen LogP contribution in [0.15, 0.2) is 18.2 Å². The lowest BCUT2D eigenvalue weighted by molar-refractivity contribution is -0.140. The second kappa shape index (κ2) is 6.48. The molecule has 1 rings (SSSR count). The zero-order valence-corrected chi connectivity index (χ0v) is 10.2. The molecule has 0 aromatic heterocycles. The van der Waals surface area contributed by atoms with Gasteiger partial charge in [0.25, 0.3) is 0 Å². The van der Waals surface area contributed by atoms with E-state index in [4.69, 9.17) is 14.6 Å². The fraction of sp³-hybridized carbons (Fsp3) is 0.333. The molecule has 1 aromatic rings. The van der Waals surface area contributed by atoms with Crippen molar-refractivity contribution < 1.29 is 24.2 Å². The number of hydrogen-bond donors (Lipinski definition) is 2. The van der Waals surface area contributed by atoms with Gasteiger partial charge in [-0.2, -0.15) is 0 Å². The number of amides is 1. The van der Waals surface area contributed by atoms with Crippen molar-refractivity contribution in [1.82, 2.24) is 5.32 Å². The number of carbonyl (C=O) groups excluding carboxylic acids is 1. The molecule has 0 aliphatic rings. The van der Waals surface area contributed by atoms with Crippen LogP contribution in [0.3, 0.4) is 0 Å². The van der Waals surface area contributed by atoms with E-state index in [0.717, 1.165) is 5.56 Å². The van der Waals surface area contributed by atoms with Gasteiger partial charge in [0.2, 0.25) is 5.91 Å². The number of rotatable bonds is 6. The van der Waals surface area contributed by atoms with Crippen LogP contribution in [-0.4, -0.2) is 31.2 Å². The van der Waals surface area contributed by atoms with Gasteiger partial charge in [0, 0.05) is 18.2 Å². The molecule has 0 unspecified atom stereocenters. The first-order valence-electron chi connectivity index (χ1n) is 5.26. The molecule has 0 spiro atoms. The second-order valence-corrected chi connectivity index (χ2v) is 3.53. The van der Waals surface area contributed by atoms with Gasteiger partial charge in [0.05, 0.1) is 14.2 Å². The van der Waals surface area contributed by atoms with Crippen LogP contribution < -0.4 is 14.8 Å². The zero-order chi connectivity index (χ0) is 13.5. The number of carboxylic acid groups (broad SMARTS) is 1. The summed E-state index contributed by atoms with van der Waals surface area (Å²) >= 11 is 0. The summed E-state index contributed by atoms with van der Waals surface area (Å²) in [6.45, 7) is 0.208. The van der Waals surface area contributed by atoms with Crippen molar-refractivity contribution >= 4 is 11.9 Å². The van der Waals surface area contributed by atoms with Crippen LogP contribution in [0.1, 0.15) is 12.0 Å². The number of aliphatic carboxylic acids is 1. The van der Waals surface area contributed by atoms with Crippen molar-refractivity contribution in [2.24, 2.45) is 0 Å².